The minimum atomic E-state index is -5.03. The Morgan fingerprint density at radius 2 is 1.83 bits per heavy atom. The van der Waals surface area contributed by atoms with Crippen molar-refractivity contribution in [2.45, 2.75) is 13.1 Å². The molecule has 0 N–H and O–H groups in total. The number of carbonyl (C=O) groups is 1. The van der Waals surface area contributed by atoms with E-state index in [0.29, 0.717) is 0 Å². The van der Waals surface area contributed by atoms with Gasteiger partial charge < -0.3 is 9.47 Å². The van der Waals surface area contributed by atoms with Gasteiger partial charge in [-0.15, -0.1) is 0 Å². The van der Waals surface area contributed by atoms with Crippen LogP contribution in [0.15, 0.2) is 0 Å². The zero-order valence-electron chi connectivity index (χ0n) is 9.68. The number of nitrogens with zero attached hydrogens (tertiary/aromatic N) is 1. The summed E-state index contributed by atoms with van der Waals surface area (Å²) in [6.45, 7) is 1.18. The summed E-state index contributed by atoms with van der Waals surface area (Å²) in [5.74, 6) is -3.76. The van der Waals surface area contributed by atoms with E-state index in [0.717, 1.165) is 14.2 Å². The number of aromatic nitrogens is 1. The highest BCUT2D eigenvalue weighted by Crippen LogP contribution is 2.40. The van der Waals surface area contributed by atoms with Crippen molar-refractivity contribution in [1.29, 1.82) is 0 Å². The largest absolute Gasteiger partial charge is 0.495 e. The molecule has 1 aromatic rings. The molecule has 0 bridgehead atoms. The Kier molecular flexibility index (Phi) is 3.78. The van der Waals surface area contributed by atoms with E-state index in [2.05, 4.69) is 14.5 Å². The predicted octanol–water partition coefficient (Wildman–Crippen LogP) is 2.34. The maximum Gasteiger partial charge on any atom is 0.424 e. The molecule has 0 aliphatic carbocycles. The number of hydrogen-bond donors (Lipinski definition) is 0. The molecule has 0 spiro atoms. The molecule has 18 heavy (non-hydrogen) atoms. The van der Waals surface area contributed by atoms with Gasteiger partial charge in [-0.1, -0.05) is 0 Å². The van der Waals surface area contributed by atoms with Crippen LogP contribution >= 0.6 is 0 Å². The first kappa shape index (κ1) is 14.2. The topological polar surface area (TPSA) is 48.4 Å². The molecule has 0 unspecified atom stereocenters. The summed E-state index contributed by atoms with van der Waals surface area (Å²) in [6, 6.07) is 0. The van der Waals surface area contributed by atoms with E-state index >= 15 is 0 Å². The summed E-state index contributed by atoms with van der Waals surface area (Å²) < 4.78 is 60.1. The van der Waals surface area contributed by atoms with Crippen LogP contribution < -0.4 is 4.74 Å². The molecule has 1 heterocycles. The van der Waals surface area contributed by atoms with Gasteiger partial charge in [0.2, 0.25) is 5.95 Å². The Balaban J connectivity index is 3.69. The van der Waals surface area contributed by atoms with E-state index in [1.165, 1.54) is 6.92 Å². The van der Waals surface area contributed by atoms with Gasteiger partial charge in [-0.25, -0.2) is 9.78 Å². The van der Waals surface area contributed by atoms with E-state index in [4.69, 9.17) is 0 Å². The lowest BCUT2D eigenvalue weighted by atomic mass is 10.1. The number of pyridine rings is 1. The predicted molar refractivity (Wildman–Crippen MR) is 51.8 cm³/mol. The number of aryl methyl sites for hydroxylation is 1. The van der Waals surface area contributed by atoms with Crippen LogP contribution in [0, 0.1) is 12.9 Å². The minimum absolute atomic E-state index is 0.246. The van der Waals surface area contributed by atoms with Crippen LogP contribution in [0.1, 0.15) is 21.6 Å². The van der Waals surface area contributed by atoms with Crippen molar-refractivity contribution in [3.8, 4) is 5.75 Å². The lowest BCUT2D eigenvalue weighted by Crippen LogP contribution is -2.18. The number of ether oxygens (including phenoxy) is 2. The van der Waals surface area contributed by atoms with Gasteiger partial charge in [0.25, 0.3) is 0 Å². The van der Waals surface area contributed by atoms with Crippen molar-refractivity contribution >= 4 is 5.97 Å². The molecule has 0 saturated heterocycles. The molecule has 1 rings (SSSR count). The Bertz CT molecular complexity index is 485. The summed E-state index contributed by atoms with van der Waals surface area (Å²) in [5, 5.41) is 0. The van der Waals surface area contributed by atoms with Gasteiger partial charge in [0, 0.05) is 0 Å². The van der Waals surface area contributed by atoms with E-state index in [1.54, 1.807) is 0 Å². The number of alkyl halides is 3. The fourth-order valence-corrected chi connectivity index (χ4v) is 1.43. The third-order valence-electron chi connectivity index (χ3n) is 2.17. The molecule has 100 valence electrons. The second-order valence-electron chi connectivity index (χ2n) is 3.26. The molecule has 8 heteroatoms. The monoisotopic (exact) mass is 267 g/mol. The summed E-state index contributed by atoms with van der Waals surface area (Å²) in [6.07, 6.45) is -5.03. The standard InChI is InChI=1S/C10H9F4NO3/c1-4-5(9(16)18-3)7(17-2)6(8(11)15-4)10(12,13)14/h1-3H3. The fraction of sp³-hybridized carbons (Fsp3) is 0.400. The molecular weight excluding hydrogens is 258 g/mol. The number of halogens is 4. The van der Waals surface area contributed by atoms with Gasteiger partial charge in [-0.2, -0.15) is 17.6 Å². The maximum atomic E-state index is 13.3. The van der Waals surface area contributed by atoms with Crippen LogP contribution in [0.4, 0.5) is 17.6 Å². The van der Waals surface area contributed by atoms with Crippen LogP contribution in [0.3, 0.4) is 0 Å². The summed E-state index contributed by atoms with van der Waals surface area (Å²) in [5.41, 5.74) is -2.52. The molecule has 0 aliphatic heterocycles. The van der Waals surface area contributed by atoms with E-state index in [1.807, 2.05) is 0 Å². The third-order valence-corrected chi connectivity index (χ3v) is 2.17. The van der Waals surface area contributed by atoms with Gasteiger partial charge in [0.1, 0.15) is 5.56 Å². The average Bonchev–Trinajstić information content (AvgIpc) is 2.24. The zero-order chi connectivity index (χ0) is 14.1. The maximum absolute atomic E-state index is 13.3. The van der Waals surface area contributed by atoms with Gasteiger partial charge in [-0.3, -0.25) is 0 Å². The van der Waals surface area contributed by atoms with E-state index in [9.17, 15) is 22.4 Å². The van der Waals surface area contributed by atoms with Crippen molar-refractivity contribution in [3.63, 3.8) is 0 Å². The molecule has 0 saturated carbocycles. The van der Waals surface area contributed by atoms with Crippen LogP contribution in [-0.2, 0) is 10.9 Å². The molecule has 0 radical (unpaired) electrons. The minimum Gasteiger partial charge on any atom is -0.495 e. The van der Waals surface area contributed by atoms with E-state index < -0.39 is 35.0 Å². The quantitative estimate of drug-likeness (QED) is 0.469. The van der Waals surface area contributed by atoms with Crippen molar-refractivity contribution in [2.75, 3.05) is 14.2 Å². The smallest absolute Gasteiger partial charge is 0.424 e. The highest BCUT2D eigenvalue weighted by Gasteiger charge is 2.41. The highest BCUT2D eigenvalue weighted by molar-refractivity contribution is 5.94. The van der Waals surface area contributed by atoms with Gasteiger partial charge in [0.05, 0.1) is 19.9 Å². The molecule has 0 aliphatic rings. The summed E-state index contributed by atoms with van der Waals surface area (Å²) >= 11 is 0. The van der Waals surface area contributed by atoms with Crippen molar-refractivity contribution in [3.05, 3.63) is 22.8 Å². The summed E-state index contributed by atoms with van der Waals surface area (Å²) in [7, 11) is 1.88. The SMILES string of the molecule is COC(=O)c1c(C)nc(F)c(C(F)(F)F)c1OC. The second kappa shape index (κ2) is 4.79. The molecule has 1 aromatic heterocycles. The Hall–Kier alpha value is -1.86. The van der Waals surface area contributed by atoms with Crippen LogP contribution in [0.5, 0.6) is 5.75 Å². The number of hydrogen-bond acceptors (Lipinski definition) is 4. The Morgan fingerprint density at radius 1 is 1.28 bits per heavy atom. The van der Waals surface area contributed by atoms with Crippen molar-refractivity contribution < 1.29 is 31.8 Å². The number of esters is 1. The van der Waals surface area contributed by atoms with Crippen molar-refractivity contribution in [2.24, 2.45) is 0 Å². The lowest BCUT2D eigenvalue weighted by Gasteiger charge is -2.16. The lowest BCUT2D eigenvalue weighted by molar-refractivity contribution is -0.141. The molecule has 0 fully saturated rings. The fourth-order valence-electron chi connectivity index (χ4n) is 1.43. The second-order valence-corrected chi connectivity index (χ2v) is 3.26. The van der Waals surface area contributed by atoms with E-state index in [-0.39, 0.29) is 5.69 Å². The van der Waals surface area contributed by atoms with Gasteiger partial charge >= 0.3 is 12.1 Å². The third kappa shape index (κ3) is 2.36. The number of rotatable bonds is 2. The average molecular weight is 267 g/mol. The first-order valence-corrected chi connectivity index (χ1v) is 4.63. The van der Waals surface area contributed by atoms with Crippen LogP contribution in [0.2, 0.25) is 0 Å². The van der Waals surface area contributed by atoms with Gasteiger partial charge in [-0.05, 0) is 6.92 Å². The molecule has 0 amide bonds. The van der Waals surface area contributed by atoms with Crippen LogP contribution in [0.25, 0.3) is 0 Å². The number of carbonyl (C=O) groups excluding carboxylic acids is 1. The molecular formula is C10H9F4NO3. The first-order chi connectivity index (χ1) is 8.23. The first-order valence-electron chi connectivity index (χ1n) is 4.63. The van der Waals surface area contributed by atoms with Crippen molar-refractivity contribution in [1.82, 2.24) is 4.98 Å². The molecule has 0 atom stereocenters. The number of methoxy groups -OCH3 is 2. The highest BCUT2D eigenvalue weighted by atomic mass is 19.4. The Labute approximate surface area is 99.5 Å². The summed E-state index contributed by atoms with van der Waals surface area (Å²) in [4.78, 5) is 14.4. The molecule has 0 aromatic carbocycles. The normalized spacial score (nSPS) is 11.3. The molecule has 4 nitrogen and oxygen atoms in total. The Morgan fingerprint density at radius 3 is 2.22 bits per heavy atom. The zero-order valence-corrected chi connectivity index (χ0v) is 9.68. The van der Waals surface area contributed by atoms with Gasteiger partial charge in [0.15, 0.2) is 11.3 Å². The van der Waals surface area contributed by atoms with Crippen LogP contribution in [-0.4, -0.2) is 25.2 Å².